The lowest BCUT2D eigenvalue weighted by Crippen LogP contribution is -2.46. The monoisotopic (exact) mass is 280 g/mol. The molecule has 6 nitrogen and oxygen atoms in total. The Kier molecular flexibility index (Phi) is 2.31. The second-order valence-electron chi connectivity index (χ2n) is 4.95. The van der Waals surface area contributed by atoms with Gasteiger partial charge in [-0.1, -0.05) is 30.3 Å². The molecule has 2 heterocycles. The van der Waals surface area contributed by atoms with Crippen LogP contribution >= 0.6 is 0 Å². The molecule has 0 aliphatic carbocycles. The second kappa shape index (κ2) is 4.07. The number of para-hydroxylation sites is 2. The van der Waals surface area contributed by atoms with Crippen molar-refractivity contribution in [2.24, 2.45) is 4.99 Å². The van der Waals surface area contributed by atoms with Gasteiger partial charge in [-0.05, 0) is 18.2 Å². The zero-order valence-electron chi connectivity index (χ0n) is 10.9. The van der Waals surface area contributed by atoms with E-state index in [0.29, 0.717) is 5.56 Å². The summed E-state index contributed by atoms with van der Waals surface area (Å²) >= 11 is 0. The normalized spacial score (nSPS) is 22.0. The molecular weight excluding hydrogens is 268 g/mol. The third-order valence-electron chi connectivity index (χ3n) is 3.78. The Bertz CT molecular complexity index is 787. The Labute approximate surface area is 120 Å². The van der Waals surface area contributed by atoms with Crippen LogP contribution in [0.1, 0.15) is 11.1 Å². The number of aliphatic imine (C=N–C) groups is 1. The number of carbonyl (C=O) groups is 1. The van der Waals surface area contributed by atoms with Crippen molar-refractivity contribution in [2.45, 2.75) is 5.66 Å². The number of nitrogens with zero attached hydrogens (tertiary/aromatic N) is 1. The van der Waals surface area contributed by atoms with Gasteiger partial charge in [-0.3, -0.25) is 15.5 Å². The molecule has 0 fully saturated rings. The summed E-state index contributed by atoms with van der Waals surface area (Å²) in [5.74, 6) is -0.0119. The summed E-state index contributed by atoms with van der Waals surface area (Å²) in [6, 6.07) is 14.7. The Morgan fingerprint density at radius 3 is 2.57 bits per heavy atom. The van der Waals surface area contributed by atoms with Gasteiger partial charge >= 0.3 is 0 Å². The largest absolute Gasteiger partial charge is 0.349 e. The number of hydrogen-bond acceptors (Lipinski definition) is 5. The molecule has 4 rings (SSSR count). The molecule has 0 radical (unpaired) electrons. The third-order valence-corrected chi connectivity index (χ3v) is 3.78. The lowest BCUT2D eigenvalue weighted by molar-refractivity contribution is -0.119. The van der Waals surface area contributed by atoms with Gasteiger partial charge in [0.1, 0.15) is 0 Å². The van der Waals surface area contributed by atoms with E-state index >= 15 is 0 Å². The van der Waals surface area contributed by atoms with Crippen molar-refractivity contribution in [1.82, 2.24) is 5.48 Å². The van der Waals surface area contributed by atoms with Crippen molar-refractivity contribution in [2.75, 3.05) is 10.6 Å². The molecule has 2 aromatic rings. The van der Waals surface area contributed by atoms with Crippen molar-refractivity contribution >= 4 is 23.1 Å². The van der Waals surface area contributed by atoms with Gasteiger partial charge < -0.3 is 10.6 Å². The van der Waals surface area contributed by atoms with Gasteiger partial charge in [0.15, 0.2) is 5.84 Å². The van der Waals surface area contributed by atoms with Gasteiger partial charge in [-0.15, -0.1) is 0 Å². The minimum atomic E-state index is -1.25. The molecule has 6 heteroatoms. The smallest absolute Gasteiger partial charge is 0.277 e. The Hall–Kier alpha value is -2.86. The molecule has 4 N–H and O–H groups in total. The number of nitrogens with one attached hydrogen (secondary N) is 3. The highest BCUT2D eigenvalue weighted by molar-refractivity contribution is 6.13. The number of amidine groups is 1. The van der Waals surface area contributed by atoms with Crippen LogP contribution in [-0.4, -0.2) is 17.0 Å². The fourth-order valence-electron chi connectivity index (χ4n) is 2.81. The van der Waals surface area contributed by atoms with Crippen molar-refractivity contribution in [3.63, 3.8) is 0 Å². The number of fused-ring (bicyclic) bond motifs is 3. The fraction of sp³-hybridized carbons (Fsp3) is 0.0667. The second-order valence-corrected chi connectivity index (χ2v) is 4.95. The first-order valence-corrected chi connectivity index (χ1v) is 6.53. The lowest BCUT2D eigenvalue weighted by atomic mass is 9.97. The van der Waals surface area contributed by atoms with E-state index in [1.807, 2.05) is 48.5 Å². The predicted molar refractivity (Wildman–Crippen MR) is 78.3 cm³/mol. The maximum atomic E-state index is 12.5. The van der Waals surface area contributed by atoms with Crippen molar-refractivity contribution in [1.29, 1.82) is 0 Å². The summed E-state index contributed by atoms with van der Waals surface area (Å²) < 4.78 is 0. The van der Waals surface area contributed by atoms with Gasteiger partial charge in [0.05, 0.1) is 0 Å². The number of amides is 1. The molecule has 2 aliphatic heterocycles. The molecule has 104 valence electrons. The SMILES string of the molecule is O=C1Nc2ccccc2C12N=C(NO)c1ccccc1N2. The first-order valence-electron chi connectivity index (χ1n) is 6.53. The first-order chi connectivity index (χ1) is 10.2. The quantitative estimate of drug-likeness (QED) is 0.553. The summed E-state index contributed by atoms with van der Waals surface area (Å²) in [4.78, 5) is 16.9. The summed E-state index contributed by atoms with van der Waals surface area (Å²) in [5.41, 5.74) is 3.73. The topological polar surface area (TPSA) is 85.8 Å². The standard InChI is InChI=1S/C15H12N4O2/c20-14-15(10-6-2-4-8-12(10)16-14)17-11-7-3-1-5-9(11)13(18-15)19-21/h1-8,17,21H,(H,16,20)(H,18,19). The van der Waals surface area contributed by atoms with Crippen LogP contribution in [0.3, 0.4) is 0 Å². The summed E-state index contributed by atoms with van der Waals surface area (Å²) in [5, 5.41) is 15.4. The van der Waals surface area contributed by atoms with Crippen LogP contribution in [0.25, 0.3) is 0 Å². The maximum Gasteiger partial charge on any atom is 0.277 e. The highest BCUT2D eigenvalue weighted by atomic mass is 16.5. The van der Waals surface area contributed by atoms with E-state index in [0.717, 1.165) is 16.9 Å². The Morgan fingerprint density at radius 1 is 1.05 bits per heavy atom. The summed E-state index contributed by atoms with van der Waals surface area (Å²) in [6.45, 7) is 0. The molecule has 1 atom stereocenters. The van der Waals surface area contributed by atoms with Crippen LogP contribution in [0.2, 0.25) is 0 Å². The lowest BCUT2D eigenvalue weighted by Gasteiger charge is -2.31. The van der Waals surface area contributed by atoms with Crippen LogP contribution in [0.5, 0.6) is 0 Å². The highest BCUT2D eigenvalue weighted by Crippen LogP contribution is 2.42. The fourth-order valence-corrected chi connectivity index (χ4v) is 2.81. The summed E-state index contributed by atoms with van der Waals surface area (Å²) in [7, 11) is 0. The molecule has 0 bridgehead atoms. The molecular formula is C15H12N4O2. The van der Waals surface area contributed by atoms with E-state index in [4.69, 9.17) is 0 Å². The van der Waals surface area contributed by atoms with E-state index < -0.39 is 5.66 Å². The van der Waals surface area contributed by atoms with Crippen molar-refractivity contribution in [3.8, 4) is 0 Å². The molecule has 1 unspecified atom stereocenters. The molecule has 0 aromatic heterocycles. The van der Waals surface area contributed by atoms with Crippen molar-refractivity contribution < 1.29 is 10.0 Å². The molecule has 2 aliphatic rings. The maximum absolute atomic E-state index is 12.5. The van der Waals surface area contributed by atoms with Crippen LogP contribution < -0.4 is 16.1 Å². The van der Waals surface area contributed by atoms with E-state index in [1.165, 1.54) is 0 Å². The number of rotatable bonds is 0. The number of benzene rings is 2. The van der Waals surface area contributed by atoms with Gasteiger partial charge in [0.25, 0.3) is 5.91 Å². The van der Waals surface area contributed by atoms with E-state index in [-0.39, 0.29) is 11.7 Å². The first kappa shape index (κ1) is 11.9. The Balaban J connectivity index is 1.97. The summed E-state index contributed by atoms with van der Waals surface area (Å²) in [6.07, 6.45) is 0. The predicted octanol–water partition coefficient (Wildman–Crippen LogP) is 1.64. The van der Waals surface area contributed by atoms with E-state index in [1.54, 1.807) is 0 Å². The minimum Gasteiger partial charge on any atom is -0.349 e. The number of hydrogen-bond donors (Lipinski definition) is 4. The highest BCUT2D eigenvalue weighted by Gasteiger charge is 2.49. The minimum absolute atomic E-state index is 0.260. The van der Waals surface area contributed by atoms with Crippen LogP contribution in [-0.2, 0) is 10.5 Å². The Morgan fingerprint density at radius 2 is 1.76 bits per heavy atom. The molecule has 2 aromatic carbocycles. The van der Waals surface area contributed by atoms with Gasteiger partial charge in [0.2, 0.25) is 5.66 Å². The molecule has 1 amide bonds. The van der Waals surface area contributed by atoms with Crippen LogP contribution in [0, 0.1) is 0 Å². The molecule has 1 spiro atoms. The van der Waals surface area contributed by atoms with E-state index in [9.17, 15) is 10.0 Å². The number of carbonyl (C=O) groups excluding carboxylic acids is 1. The van der Waals surface area contributed by atoms with E-state index in [2.05, 4.69) is 21.1 Å². The zero-order chi connectivity index (χ0) is 14.4. The van der Waals surface area contributed by atoms with Crippen LogP contribution in [0.15, 0.2) is 53.5 Å². The molecule has 21 heavy (non-hydrogen) atoms. The van der Waals surface area contributed by atoms with Crippen LogP contribution in [0.4, 0.5) is 11.4 Å². The number of hydroxylamine groups is 1. The molecule has 0 saturated heterocycles. The number of anilines is 2. The molecule has 0 saturated carbocycles. The average molecular weight is 280 g/mol. The van der Waals surface area contributed by atoms with Gasteiger partial charge in [-0.2, -0.15) is 0 Å². The average Bonchev–Trinajstić information content (AvgIpc) is 2.79. The van der Waals surface area contributed by atoms with Gasteiger partial charge in [0, 0.05) is 22.5 Å². The zero-order valence-corrected chi connectivity index (χ0v) is 10.9. The third kappa shape index (κ3) is 1.50. The van der Waals surface area contributed by atoms with Gasteiger partial charge in [-0.25, -0.2) is 4.99 Å². The van der Waals surface area contributed by atoms with Crippen molar-refractivity contribution in [3.05, 3.63) is 59.7 Å².